The summed E-state index contributed by atoms with van der Waals surface area (Å²) in [7, 11) is 0. The minimum absolute atomic E-state index is 0.00985. The molecule has 0 spiro atoms. The van der Waals surface area contributed by atoms with Crippen LogP contribution in [0.2, 0.25) is 0 Å². The fourth-order valence-electron chi connectivity index (χ4n) is 6.94. The number of ether oxygens (including phenoxy) is 1. The quantitative estimate of drug-likeness (QED) is 0.335. The number of nitrogens with two attached hydrogens (primary N) is 1. The number of carbonyl (C=O) groups excluding carboxylic acids is 4. The predicted molar refractivity (Wildman–Crippen MR) is 167 cm³/mol. The Hall–Kier alpha value is -4.34. The highest BCUT2D eigenvalue weighted by atomic mass is 19.4. The summed E-state index contributed by atoms with van der Waals surface area (Å²) in [4.78, 5) is 59.6. The normalized spacial score (nSPS) is 21.6. The van der Waals surface area contributed by atoms with Gasteiger partial charge in [-0.15, -0.1) is 0 Å². The number of alkyl halides is 6. The van der Waals surface area contributed by atoms with Crippen LogP contribution in [-0.4, -0.2) is 94.4 Å². The van der Waals surface area contributed by atoms with Crippen LogP contribution in [0.1, 0.15) is 60.8 Å². The van der Waals surface area contributed by atoms with E-state index in [2.05, 4.69) is 0 Å². The zero-order valence-electron chi connectivity index (χ0n) is 27.2. The summed E-state index contributed by atoms with van der Waals surface area (Å²) in [6, 6.07) is 8.12. The lowest BCUT2D eigenvalue weighted by atomic mass is 9.93. The van der Waals surface area contributed by atoms with Crippen molar-refractivity contribution in [3.05, 3.63) is 70.8 Å². The summed E-state index contributed by atoms with van der Waals surface area (Å²) < 4.78 is 86.5. The van der Waals surface area contributed by atoms with Crippen molar-refractivity contribution in [2.45, 2.75) is 82.2 Å². The number of likely N-dealkylation sites (tertiary alicyclic amines) is 1. The average molecular weight is 712 g/mol. The molecule has 3 heterocycles. The van der Waals surface area contributed by atoms with Crippen LogP contribution in [0.25, 0.3) is 0 Å². The first-order chi connectivity index (χ1) is 23.7. The molecule has 2 aromatic rings. The molecule has 2 aromatic carbocycles. The van der Waals surface area contributed by atoms with E-state index in [0.717, 1.165) is 12.0 Å². The molecule has 0 aliphatic carbocycles. The number of amides is 4. The number of piperazine rings is 1. The van der Waals surface area contributed by atoms with Crippen LogP contribution in [0.3, 0.4) is 0 Å². The van der Waals surface area contributed by atoms with Gasteiger partial charge in [-0.3, -0.25) is 19.3 Å². The van der Waals surface area contributed by atoms with Gasteiger partial charge in [0.05, 0.1) is 17.7 Å². The molecule has 4 amide bonds. The van der Waals surface area contributed by atoms with Gasteiger partial charge < -0.3 is 25.2 Å². The van der Waals surface area contributed by atoms with Gasteiger partial charge in [0.25, 0.3) is 0 Å². The van der Waals surface area contributed by atoms with Crippen molar-refractivity contribution in [3.8, 4) is 0 Å². The van der Waals surface area contributed by atoms with Crippen molar-refractivity contribution in [2.24, 2.45) is 5.73 Å². The van der Waals surface area contributed by atoms with Gasteiger partial charge in [-0.25, -0.2) is 4.79 Å². The van der Waals surface area contributed by atoms with Crippen molar-refractivity contribution >= 4 is 23.8 Å². The zero-order chi connectivity index (χ0) is 36.2. The molecule has 3 atom stereocenters. The van der Waals surface area contributed by atoms with Crippen molar-refractivity contribution in [3.63, 3.8) is 0 Å². The van der Waals surface area contributed by atoms with Crippen LogP contribution in [0.4, 0.5) is 31.1 Å². The Bertz CT molecular complexity index is 1520. The number of fused-ring (bicyclic) bond motifs is 1. The molecule has 3 saturated heterocycles. The highest BCUT2D eigenvalue weighted by molar-refractivity contribution is 5.91. The summed E-state index contributed by atoms with van der Waals surface area (Å²) in [5, 5.41) is 0. The molecule has 3 aliphatic rings. The standard InChI is InChI=1S/C34H39F6N5O5/c35-33(36,37)24-15-23(16-25(18-24)34(38,39)40)21-50-32(49)44-26(17-22-7-2-1-3-8-22)19-30(47)45-27(9-4-11-41)31(48)43(20-28(44)45)14-6-13-42-12-5-10-29(42)46/h1-3,7-8,15-16,18,26-28H,4-6,9-14,17,19-21,41H2/t26?,27-,28?/m0/s1. The molecule has 0 aromatic heterocycles. The molecule has 3 aliphatic heterocycles. The molecule has 50 heavy (non-hydrogen) atoms. The monoisotopic (exact) mass is 711 g/mol. The summed E-state index contributed by atoms with van der Waals surface area (Å²) >= 11 is 0. The second-order valence-electron chi connectivity index (χ2n) is 12.8. The van der Waals surface area contributed by atoms with Crippen LogP contribution in [-0.2, 0) is 44.5 Å². The second-order valence-corrected chi connectivity index (χ2v) is 12.8. The number of nitrogens with zero attached hydrogens (tertiary/aromatic N) is 4. The van der Waals surface area contributed by atoms with Gasteiger partial charge in [0.15, 0.2) is 0 Å². The first-order valence-corrected chi connectivity index (χ1v) is 16.5. The van der Waals surface area contributed by atoms with Gasteiger partial charge >= 0.3 is 18.4 Å². The summed E-state index contributed by atoms with van der Waals surface area (Å²) in [6.07, 6.45) is -10.1. The van der Waals surface area contributed by atoms with Gasteiger partial charge in [0.1, 0.15) is 18.8 Å². The SMILES string of the molecule is NCCC[C@H]1C(=O)N(CCCN2CCCC2=O)CC2N(C(=O)OCc3cc(C(F)(F)F)cc(C(F)(F)F)c3)C(Cc3ccccc3)CC(=O)N21. The van der Waals surface area contributed by atoms with Crippen LogP contribution in [0.15, 0.2) is 48.5 Å². The van der Waals surface area contributed by atoms with Gasteiger partial charge in [-0.2, -0.15) is 26.3 Å². The molecule has 0 bridgehead atoms. The summed E-state index contributed by atoms with van der Waals surface area (Å²) in [5.41, 5.74) is 2.90. The average Bonchev–Trinajstić information content (AvgIpc) is 3.47. The molecular formula is C34H39F6N5O5. The third-order valence-corrected chi connectivity index (χ3v) is 9.29. The number of halogens is 6. The van der Waals surface area contributed by atoms with Crippen LogP contribution < -0.4 is 5.73 Å². The largest absolute Gasteiger partial charge is 0.444 e. The van der Waals surface area contributed by atoms with Crippen molar-refractivity contribution in [1.29, 1.82) is 0 Å². The minimum Gasteiger partial charge on any atom is -0.444 e. The number of hydrogen-bond donors (Lipinski definition) is 1. The van der Waals surface area contributed by atoms with Crippen molar-refractivity contribution in [2.75, 3.05) is 32.7 Å². The van der Waals surface area contributed by atoms with Crippen molar-refractivity contribution in [1.82, 2.24) is 19.6 Å². The van der Waals surface area contributed by atoms with E-state index in [0.29, 0.717) is 44.5 Å². The molecule has 16 heteroatoms. The smallest absolute Gasteiger partial charge is 0.416 e. The zero-order valence-corrected chi connectivity index (χ0v) is 27.2. The first kappa shape index (κ1) is 36.9. The fraction of sp³-hybridized carbons (Fsp3) is 0.529. The van der Waals surface area contributed by atoms with E-state index in [4.69, 9.17) is 10.5 Å². The van der Waals surface area contributed by atoms with E-state index >= 15 is 0 Å². The molecular weight excluding hydrogens is 672 g/mol. The van der Waals surface area contributed by atoms with E-state index < -0.39 is 60.0 Å². The molecule has 3 fully saturated rings. The van der Waals surface area contributed by atoms with E-state index in [1.54, 1.807) is 35.2 Å². The number of hydrogen-bond acceptors (Lipinski definition) is 6. The Morgan fingerprint density at radius 1 is 0.860 bits per heavy atom. The van der Waals surface area contributed by atoms with E-state index in [1.165, 1.54) is 14.7 Å². The molecule has 272 valence electrons. The third-order valence-electron chi connectivity index (χ3n) is 9.29. The van der Waals surface area contributed by atoms with Crippen LogP contribution >= 0.6 is 0 Å². The van der Waals surface area contributed by atoms with Crippen molar-refractivity contribution < 1.29 is 50.3 Å². The maximum Gasteiger partial charge on any atom is 0.416 e. The Kier molecular flexibility index (Phi) is 11.3. The lowest BCUT2D eigenvalue weighted by Crippen LogP contribution is -2.73. The Morgan fingerprint density at radius 3 is 2.12 bits per heavy atom. The molecule has 5 rings (SSSR count). The molecule has 2 N–H and O–H groups in total. The number of rotatable bonds is 11. The molecule has 0 saturated carbocycles. The highest BCUT2D eigenvalue weighted by Gasteiger charge is 2.52. The van der Waals surface area contributed by atoms with E-state index in [9.17, 15) is 45.5 Å². The Labute approximate surface area is 285 Å². The highest BCUT2D eigenvalue weighted by Crippen LogP contribution is 2.37. The molecule has 0 radical (unpaired) electrons. The first-order valence-electron chi connectivity index (χ1n) is 16.5. The molecule has 2 unspecified atom stereocenters. The fourth-order valence-corrected chi connectivity index (χ4v) is 6.94. The van der Waals surface area contributed by atoms with Gasteiger partial charge in [-0.1, -0.05) is 30.3 Å². The van der Waals surface area contributed by atoms with Crippen LogP contribution in [0.5, 0.6) is 0 Å². The number of benzene rings is 2. The predicted octanol–water partition coefficient (Wildman–Crippen LogP) is 4.79. The molecule has 10 nitrogen and oxygen atoms in total. The van der Waals surface area contributed by atoms with E-state index in [-0.39, 0.29) is 62.7 Å². The maximum absolute atomic E-state index is 14.0. The van der Waals surface area contributed by atoms with E-state index in [1.807, 2.05) is 0 Å². The number of carbonyl (C=O) groups is 4. The van der Waals surface area contributed by atoms with Gasteiger partial charge in [0.2, 0.25) is 17.7 Å². The summed E-state index contributed by atoms with van der Waals surface area (Å²) in [6.45, 7) is 0.463. The van der Waals surface area contributed by atoms with Crippen LogP contribution in [0, 0.1) is 0 Å². The van der Waals surface area contributed by atoms with Gasteiger partial charge in [0, 0.05) is 38.5 Å². The lowest BCUT2D eigenvalue weighted by Gasteiger charge is -2.54. The second kappa shape index (κ2) is 15.3. The van der Waals surface area contributed by atoms with Gasteiger partial charge in [-0.05, 0) is 68.0 Å². The Balaban J connectivity index is 1.45. The topological polar surface area (TPSA) is 116 Å². The Morgan fingerprint density at radius 2 is 1.52 bits per heavy atom. The maximum atomic E-state index is 14.0. The third kappa shape index (κ3) is 8.50. The summed E-state index contributed by atoms with van der Waals surface area (Å²) in [5.74, 6) is -0.694. The minimum atomic E-state index is -5.09. The lowest BCUT2D eigenvalue weighted by molar-refractivity contribution is -0.172.